The van der Waals surface area contributed by atoms with Crippen LogP contribution in [0.3, 0.4) is 0 Å². The molecule has 0 radical (unpaired) electrons. The summed E-state index contributed by atoms with van der Waals surface area (Å²) in [4.78, 5) is 14.2. The van der Waals surface area contributed by atoms with E-state index in [0.717, 1.165) is 66.9 Å². The van der Waals surface area contributed by atoms with Gasteiger partial charge in [-0.15, -0.1) is 0 Å². The SMILES string of the molecule is C=C1CC2CCC34OC5C6OC(CCC6OC6C5OC5(OC(C)CC35)C6O4)CC(=O)OC3C(CC4OC(CCC1O2)CC(C)C4=C)OC1CC(C)C(CI)OC1C3C. The molecule has 0 saturated carbocycles. The number of carbonyl (C=O) groups is 1. The minimum atomic E-state index is -0.931. The highest BCUT2D eigenvalue weighted by molar-refractivity contribution is 14.1. The van der Waals surface area contributed by atoms with Crippen molar-refractivity contribution in [2.24, 2.45) is 23.7 Å². The van der Waals surface area contributed by atoms with Crippen molar-refractivity contribution in [2.45, 2.75) is 220 Å². The van der Waals surface area contributed by atoms with Crippen molar-refractivity contribution in [1.82, 2.24) is 0 Å². The monoisotopic (exact) mass is 922 g/mol. The molecule has 0 aromatic carbocycles. The fraction of sp³-hybridized carbons (Fsp3) is 0.889. The van der Waals surface area contributed by atoms with Crippen LogP contribution in [0.5, 0.6) is 0 Å². The zero-order chi connectivity index (χ0) is 39.8. The summed E-state index contributed by atoms with van der Waals surface area (Å²) in [5, 5.41) is 0. The molecule has 13 heteroatoms. The number of fused-ring (bicyclic) bond motifs is 7. The summed E-state index contributed by atoms with van der Waals surface area (Å²) in [5.74, 6) is -1.66. The molecule has 12 bridgehead atoms. The summed E-state index contributed by atoms with van der Waals surface area (Å²) in [7, 11) is 0. The number of carbonyl (C=O) groups excluding carboxylic acids is 1. The number of esters is 1. The van der Waals surface area contributed by atoms with E-state index in [0.29, 0.717) is 25.2 Å². The normalized spacial score (nSPS) is 57.5. The fourth-order valence-electron chi connectivity index (χ4n) is 13.3. The van der Waals surface area contributed by atoms with Gasteiger partial charge in [-0.3, -0.25) is 4.79 Å². The molecule has 12 saturated heterocycles. The summed E-state index contributed by atoms with van der Waals surface area (Å²) in [6, 6.07) is 0. The van der Waals surface area contributed by atoms with Gasteiger partial charge >= 0.3 is 5.97 Å². The molecule has 23 atom stereocenters. The third kappa shape index (κ3) is 6.42. The van der Waals surface area contributed by atoms with Crippen LogP contribution in [0.2, 0.25) is 0 Å². The van der Waals surface area contributed by atoms with Crippen LogP contribution in [-0.4, -0.2) is 126 Å². The number of hydrogen-bond acceptors (Lipinski definition) is 12. The Morgan fingerprint density at radius 2 is 1.43 bits per heavy atom. The molecule has 12 rings (SSSR count). The van der Waals surface area contributed by atoms with Gasteiger partial charge in [0.15, 0.2) is 5.79 Å². The number of ether oxygens (including phenoxy) is 11. The van der Waals surface area contributed by atoms with Gasteiger partial charge in [-0.05, 0) is 87.7 Å². The highest BCUT2D eigenvalue weighted by atomic mass is 127. The van der Waals surface area contributed by atoms with Gasteiger partial charge in [0.25, 0.3) is 0 Å². The standard InChI is InChI=1S/C45H63IO12/c1-20-13-26-7-9-29-21(2)14-28(48-29)11-12-44-35-16-23(4)55-45(35)43(58-44)42-41(57-45)40(56-44)39-30(52-42)10-8-27(50-39)17-36(47)54-38-25(6)37-32(15-22(3)34(19-46)53-37)51-33(38)18-31(49-26)24(20)5/h20,22-23,25-35,37-43H,2,5,7-19H2,1,3-4,6H3. The van der Waals surface area contributed by atoms with Gasteiger partial charge in [-0.2, -0.15) is 0 Å². The molecule has 0 aromatic heterocycles. The molecule has 12 aliphatic heterocycles. The second-order valence-corrected chi connectivity index (χ2v) is 20.9. The van der Waals surface area contributed by atoms with Gasteiger partial charge in [0.1, 0.15) is 36.6 Å². The van der Waals surface area contributed by atoms with Gasteiger partial charge in [0.05, 0.1) is 79.5 Å². The number of rotatable bonds is 1. The lowest BCUT2D eigenvalue weighted by molar-refractivity contribution is -0.312. The van der Waals surface area contributed by atoms with Crippen LogP contribution < -0.4 is 0 Å². The largest absolute Gasteiger partial charge is 0.459 e. The second-order valence-electron chi connectivity index (χ2n) is 20.0. The lowest BCUT2D eigenvalue weighted by Crippen LogP contribution is -2.62. The third-order valence-electron chi connectivity index (χ3n) is 16.3. The average molecular weight is 923 g/mol. The van der Waals surface area contributed by atoms with Crippen molar-refractivity contribution in [3.05, 3.63) is 24.3 Å². The van der Waals surface area contributed by atoms with Gasteiger partial charge in [0, 0.05) is 23.2 Å². The zero-order valence-corrected chi connectivity index (χ0v) is 36.7. The lowest BCUT2D eigenvalue weighted by atomic mass is 9.78. The van der Waals surface area contributed by atoms with Crippen molar-refractivity contribution in [1.29, 1.82) is 0 Å². The van der Waals surface area contributed by atoms with Crippen LogP contribution in [0.4, 0.5) is 0 Å². The first-order valence-corrected chi connectivity index (χ1v) is 24.2. The molecule has 12 fully saturated rings. The van der Waals surface area contributed by atoms with Crippen molar-refractivity contribution in [3.63, 3.8) is 0 Å². The Kier molecular flexibility index (Phi) is 10.3. The first-order valence-electron chi connectivity index (χ1n) is 22.7. The Bertz CT molecular complexity index is 1650. The summed E-state index contributed by atoms with van der Waals surface area (Å²) in [6.07, 6.45) is 4.92. The minimum absolute atomic E-state index is 0.00827. The maximum atomic E-state index is 14.2. The topological polar surface area (TPSA) is 119 Å². The van der Waals surface area contributed by atoms with E-state index >= 15 is 0 Å². The summed E-state index contributed by atoms with van der Waals surface area (Å²) >= 11 is 2.42. The van der Waals surface area contributed by atoms with Gasteiger partial charge in [-0.1, -0.05) is 56.5 Å². The molecule has 2 spiro atoms. The Labute approximate surface area is 356 Å². The Balaban J connectivity index is 0.904. The molecule has 12 nitrogen and oxygen atoms in total. The molecule has 0 aromatic rings. The van der Waals surface area contributed by atoms with Gasteiger partial charge < -0.3 is 52.1 Å². The van der Waals surface area contributed by atoms with Crippen molar-refractivity contribution < 1.29 is 56.9 Å². The Morgan fingerprint density at radius 1 is 0.655 bits per heavy atom. The minimum Gasteiger partial charge on any atom is -0.459 e. The van der Waals surface area contributed by atoms with Crippen molar-refractivity contribution >= 4 is 28.6 Å². The van der Waals surface area contributed by atoms with E-state index in [1.54, 1.807) is 0 Å². The highest BCUT2D eigenvalue weighted by Gasteiger charge is 2.81. The molecule has 322 valence electrons. The molecular weight excluding hydrogens is 859 g/mol. The van der Waals surface area contributed by atoms with Gasteiger partial charge in [-0.25, -0.2) is 0 Å². The lowest BCUT2D eigenvalue weighted by Gasteiger charge is -2.51. The summed E-state index contributed by atoms with van der Waals surface area (Å²) in [5.41, 5.74) is 2.23. The zero-order valence-electron chi connectivity index (χ0n) is 34.5. The molecule has 0 aliphatic carbocycles. The molecule has 58 heavy (non-hydrogen) atoms. The smallest absolute Gasteiger partial charge is 0.308 e. The quantitative estimate of drug-likeness (QED) is 0.128. The van der Waals surface area contributed by atoms with E-state index in [4.69, 9.17) is 52.1 Å². The number of alkyl halides is 1. The molecule has 12 aliphatic rings. The predicted molar refractivity (Wildman–Crippen MR) is 216 cm³/mol. The fourth-order valence-corrected chi connectivity index (χ4v) is 14.3. The van der Waals surface area contributed by atoms with E-state index in [1.807, 2.05) is 0 Å². The second kappa shape index (κ2) is 14.9. The first kappa shape index (κ1) is 40.1. The summed E-state index contributed by atoms with van der Waals surface area (Å²) in [6.45, 7) is 17.8. The molecule has 12 heterocycles. The highest BCUT2D eigenvalue weighted by Crippen LogP contribution is 2.65. The molecule has 0 amide bonds. The average Bonchev–Trinajstić information content (AvgIpc) is 3.84. The maximum Gasteiger partial charge on any atom is 0.308 e. The molecular formula is C45H63IO12. The first-order chi connectivity index (χ1) is 27.9. The Morgan fingerprint density at radius 3 is 2.28 bits per heavy atom. The van der Waals surface area contributed by atoms with E-state index in [-0.39, 0.29) is 109 Å². The van der Waals surface area contributed by atoms with Crippen molar-refractivity contribution in [3.8, 4) is 0 Å². The van der Waals surface area contributed by atoms with Crippen molar-refractivity contribution in [2.75, 3.05) is 4.43 Å². The number of halogens is 1. The molecule has 23 unspecified atom stereocenters. The van der Waals surface area contributed by atoms with Crippen LogP contribution in [0, 0.1) is 23.7 Å². The van der Waals surface area contributed by atoms with Crippen LogP contribution in [-0.2, 0) is 56.9 Å². The number of hydrogen-bond donors (Lipinski definition) is 0. The Hall–Kier alpha value is -0.720. The third-order valence-corrected chi connectivity index (χ3v) is 17.1. The predicted octanol–water partition coefficient (Wildman–Crippen LogP) is 6.28. The van der Waals surface area contributed by atoms with Crippen LogP contribution in [0.25, 0.3) is 0 Å². The van der Waals surface area contributed by atoms with Gasteiger partial charge in [0.2, 0.25) is 5.79 Å². The van der Waals surface area contributed by atoms with Crippen LogP contribution in [0.1, 0.15) is 105 Å². The van der Waals surface area contributed by atoms with Crippen LogP contribution in [0.15, 0.2) is 24.3 Å². The molecule has 0 N–H and O–H groups in total. The van der Waals surface area contributed by atoms with E-state index in [1.165, 1.54) is 0 Å². The van der Waals surface area contributed by atoms with E-state index < -0.39 is 36.0 Å². The maximum absolute atomic E-state index is 14.2. The van der Waals surface area contributed by atoms with E-state index in [9.17, 15) is 4.79 Å². The van der Waals surface area contributed by atoms with E-state index in [2.05, 4.69) is 63.4 Å². The summed E-state index contributed by atoms with van der Waals surface area (Å²) < 4.78 is 76.7. The van der Waals surface area contributed by atoms with Crippen LogP contribution >= 0.6 is 22.6 Å².